The lowest BCUT2D eigenvalue weighted by atomic mass is 10.0. The average molecular weight is 337 g/mol. The third kappa shape index (κ3) is 2.77. The van der Waals surface area contributed by atoms with Crippen LogP contribution in [-0.2, 0) is 0 Å². The molecule has 128 valence electrons. The molecule has 0 saturated carbocycles. The Kier molecular flexibility index (Phi) is 3.97. The molecule has 1 aliphatic rings. The molecule has 0 aliphatic carbocycles. The van der Waals surface area contributed by atoms with Crippen LogP contribution in [0.3, 0.4) is 0 Å². The van der Waals surface area contributed by atoms with Gasteiger partial charge < -0.3 is 14.5 Å². The van der Waals surface area contributed by atoms with E-state index in [0.29, 0.717) is 18.7 Å². The number of amides is 1. The first-order valence-electron chi connectivity index (χ1n) is 8.23. The Labute approximate surface area is 145 Å². The van der Waals surface area contributed by atoms with Crippen molar-refractivity contribution in [1.29, 1.82) is 0 Å². The molecule has 25 heavy (non-hydrogen) atoms. The van der Waals surface area contributed by atoms with Gasteiger partial charge in [0.15, 0.2) is 0 Å². The van der Waals surface area contributed by atoms with Crippen LogP contribution >= 0.6 is 0 Å². The van der Waals surface area contributed by atoms with Crippen LogP contribution in [0.1, 0.15) is 10.4 Å². The minimum absolute atomic E-state index is 0.0519. The van der Waals surface area contributed by atoms with E-state index < -0.39 is 0 Å². The van der Waals surface area contributed by atoms with Gasteiger partial charge in [0.25, 0.3) is 5.91 Å². The van der Waals surface area contributed by atoms with Gasteiger partial charge in [0.05, 0.1) is 7.11 Å². The van der Waals surface area contributed by atoms with Crippen molar-refractivity contribution in [1.82, 2.24) is 20.1 Å². The Morgan fingerprint density at radius 1 is 1.08 bits per heavy atom. The van der Waals surface area contributed by atoms with Crippen LogP contribution in [0.15, 0.2) is 42.7 Å². The molecule has 0 radical (unpaired) electrons. The number of rotatable bonds is 3. The van der Waals surface area contributed by atoms with Gasteiger partial charge in [-0.15, -0.1) is 0 Å². The fourth-order valence-corrected chi connectivity index (χ4v) is 3.28. The summed E-state index contributed by atoms with van der Waals surface area (Å²) in [5.41, 5.74) is 0.713. The van der Waals surface area contributed by atoms with E-state index in [1.165, 1.54) is 6.33 Å². The van der Waals surface area contributed by atoms with E-state index in [2.05, 4.69) is 20.1 Å². The second-order valence-electron chi connectivity index (χ2n) is 5.95. The fourth-order valence-electron chi connectivity index (χ4n) is 3.28. The molecule has 1 amide bonds. The summed E-state index contributed by atoms with van der Waals surface area (Å²) in [6.45, 7) is 2.77. The molecule has 4 rings (SSSR count). The predicted molar refractivity (Wildman–Crippen MR) is 95.0 cm³/mol. The normalized spacial score (nSPS) is 14.8. The van der Waals surface area contributed by atoms with Crippen molar-refractivity contribution >= 4 is 22.6 Å². The van der Waals surface area contributed by atoms with E-state index in [9.17, 15) is 4.79 Å². The number of carbonyl (C=O) groups excluding carboxylic acids is 1. The quantitative estimate of drug-likeness (QED) is 0.790. The van der Waals surface area contributed by atoms with E-state index in [1.807, 2.05) is 41.3 Å². The number of nitrogens with one attached hydrogen (secondary N) is 1. The van der Waals surface area contributed by atoms with Crippen LogP contribution in [0.5, 0.6) is 5.75 Å². The Morgan fingerprint density at radius 2 is 1.84 bits per heavy atom. The van der Waals surface area contributed by atoms with Crippen molar-refractivity contribution in [2.75, 3.05) is 38.2 Å². The molecule has 1 aromatic heterocycles. The van der Waals surface area contributed by atoms with Crippen molar-refractivity contribution in [3.63, 3.8) is 0 Å². The highest BCUT2D eigenvalue weighted by Crippen LogP contribution is 2.29. The van der Waals surface area contributed by atoms with E-state index in [0.717, 1.165) is 35.6 Å². The molecule has 0 atom stereocenters. The van der Waals surface area contributed by atoms with Gasteiger partial charge in [-0.3, -0.25) is 4.79 Å². The highest BCUT2D eigenvalue weighted by Gasteiger charge is 2.24. The molecular formula is C18H19N5O2. The number of carbonyl (C=O) groups is 1. The molecule has 0 bridgehead atoms. The number of methoxy groups -OCH3 is 1. The van der Waals surface area contributed by atoms with Gasteiger partial charge in [0.2, 0.25) is 5.95 Å². The lowest BCUT2D eigenvalue weighted by molar-refractivity contribution is 0.0748. The van der Waals surface area contributed by atoms with Gasteiger partial charge in [-0.1, -0.05) is 24.3 Å². The smallest absolute Gasteiger partial charge is 0.254 e. The third-order valence-corrected chi connectivity index (χ3v) is 4.60. The first-order valence-corrected chi connectivity index (χ1v) is 8.23. The van der Waals surface area contributed by atoms with Crippen LogP contribution < -0.4 is 9.64 Å². The monoisotopic (exact) mass is 337 g/mol. The molecule has 1 aliphatic heterocycles. The Bertz CT molecular complexity index is 886. The standard InChI is InChI=1S/C18H19N5O2/c1-25-16-7-6-15(13-4-2-3-5-14(13)16)17(24)22-8-10-23(11-9-22)18-19-12-20-21-18/h2-7,12H,8-11H2,1H3,(H,19,20,21). The number of ether oxygens (including phenoxy) is 1. The van der Waals surface area contributed by atoms with E-state index in [-0.39, 0.29) is 5.91 Å². The van der Waals surface area contributed by atoms with Gasteiger partial charge in [-0.2, -0.15) is 10.1 Å². The van der Waals surface area contributed by atoms with Gasteiger partial charge in [0, 0.05) is 37.1 Å². The van der Waals surface area contributed by atoms with Crippen molar-refractivity contribution in [3.05, 3.63) is 48.3 Å². The van der Waals surface area contributed by atoms with E-state index in [1.54, 1.807) is 7.11 Å². The highest BCUT2D eigenvalue weighted by atomic mass is 16.5. The fraction of sp³-hybridized carbons (Fsp3) is 0.278. The first-order chi connectivity index (χ1) is 12.3. The minimum atomic E-state index is 0.0519. The van der Waals surface area contributed by atoms with Gasteiger partial charge in [-0.05, 0) is 17.5 Å². The highest BCUT2D eigenvalue weighted by molar-refractivity contribution is 6.08. The number of nitrogens with zero attached hydrogens (tertiary/aromatic N) is 4. The number of piperazine rings is 1. The summed E-state index contributed by atoms with van der Waals surface area (Å²) in [4.78, 5) is 21.2. The zero-order valence-corrected chi connectivity index (χ0v) is 14.0. The SMILES string of the molecule is COc1ccc(C(=O)N2CCN(c3ncn[nH]3)CC2)c2ccccc12. The molecule has 7 heteroatoms. The van der Waals surface area contributed by atoms with Crippen LogP contribution in [0.2, 0.25) is 0 Å². The summed E-state index contributed by atoms with van der Waals surface area (Å²) in [5.74, 6) is 1.58. The zero-order chi connectivity index (χ0) is 17.2. The molecule has 3 aromatic rings. The Hall–Kier alpha value is -3.09. The largest absolute Gasteiger partial charge is 0.496 e. The third-order valence-electron chi connectivity index (χ3n) is 4.60. The van der Waals surface area contributed by atoms with Crippen LogP contribution in [0.25, 0.3) is 10.8 Å². The van der Waals surface area contributed by atoms with Crippen molar-refractivity contribution in [2.45, 2.75) is 0 Å². The first kappa shape index (κ1) is 15.4. The maximum atomic E-state index is 13.0. The maximum absolute atomic E-state index is 13.0. The number of fused-ring (bicyclic) bond motifs is 1. The zero-order valence-electron chi connectivity index (χ0n) is 14.0. The number of aromatic amines is 1. The topological polar surface area (TPSA) is 74.3 Å². The van der Waals surface area contributed by atoms with Crippen LogP contribution in [0, 0.1) is 0 Å². The van der Waals surface area contributed by atoms with Gasteiger partial charge >= 0.3 is 0 Å². The average Bonchev–Trinajstić information content (AvgIpc) is 3.21. The summed E-state index contributed by atoms with van der Waals surface area (Å²) in [7, 11) is 1.64. The van der Waals surface area contributed by atoms with E-state index in [4.69, 9.17) is 4.74 Å². The Morgan fingerprint density at radius 3 is 2.52 bits per heavy atom. The molecule has 2 heterocycles. The molecule has 7 nitrogen and oxygen atoms in total. The number of hydrogen-bond acceptors (Lipinski definition) is 5. The lowest BCUT2D eigenvalue weighted by Gasteiger charge is -2.34. The summed E-state index contributed by atoms with van der Waals surface area (Å²) in [6.07, 6.45) is 1.50. The molecule has 1 fully saturated rings. The summed E-state index contributed by atoms with van der Waals surface area (Å²) < 4.78 is 5.42. The molecular weight excluding hydrogens is 318 g/mol. The molecule has 1 saturated heterocycles. The summed E-state index contributed by atoms with van der Waals surface area (Å²) in [5, 5.41) is 8.62. The molecule has 0 unspecified atom stereocenters. The second-order valence-corrected chi connectivity index (χ2v) is 5.95. The minimum Gasteiger partial charge on any atom is -0.496 e. The van der Waals surface area contributed by atoms with Crippen molar-refractivity contribution in [3.8, 4) is 5.75 Å². The van der Waals surface area contributed by atoms with Crippen LogP contribution in [0.4, 0.5) is 5.95 Å². The Balaban J connectivity index is 1.57. The number of H-pyrrole nitrogens is 1. The lowest BCUT2D eigenvalue weighted by Crippen LogP contribution is -2.49. The maximum Gasteiger partial charge on any atom is 0.254 e. The predicted octanol–water partition coefficient (Wildman–Crippen LogP) is 1.93. The van der Waals surface area contributed by atoms with Crippen molar-refractivity contribution < 1.29 is 9.53 Å². The van der Waals surface area contributed by atoms with Crippen LogP contribution in [-0.4, -0.2) is 59.3 Å². The molecule has 1 N–H and O–H groups in total. The number of benzene rings is 2. The molecule has 2 aromatic carbocycles. The number of anilines is 1. The second kappa shape index (κ2) is 6.43. The van der Waals surface area contributed by atoms with Gasteiger partial charge in [0.1, 0.15) is 12.1 Å². The summed E-state index contributed by atoms with van der Waals surface area (Å²) >= 11 is 0. The van der Waals surface area contributed by atoms with Crippen molar-refractivity contribution in [2.24, 2.45) is 0 Å². The van der Waals surface area contributed by atoms with Gasteiger partial charge in [-0.25, -0.2) is 5.10 Å². The number of hydrogen-bond donors (Lipinski definition) is 1. The van der Waals surface area contributed by atoms with E-state index >= 15 is 0 Å². The molecule has 0 spiro atoms. The summed E-state index contributed by atoms with van der Waals surface area (Å²) in [6, 6.07) is 11.6. The number of aromatic nitrogens is 3.